The summed E-state index contributed by atoms with van der Waals surface area (Å²) in [5.41, 5.74) is 1.89. The summed E-state index contributed by atoms with van der Waals surface area (Å²) in [6, 6.07) is 18.0. The van der Waals surface area contributed by atoms with E-state index >= 15 is 0 Å². The van der Waals surface area contributed by atoms with Crippen molar-refractivity contribution < 1.29 is 9.53 Å². The van der Waals surface area contributed by atoms with Gasteiger partial charge in [-0.2, -0.15) is 0 Å². The Bertz CT molecular complexity index is 679. The molecule has 3 rings (SSSR count). The molecule has 126 valence electrons. The zero-order valence-electron chi connectivity index (χ0n) is 13.6. The average molecular weight is 388 g/mol. The SMILES string of the molecule is O=C(NC[C@@]1(c2ccccc2)CCCOCC1)c1ccccc1Br. The molecule has 0 saturated carbocycles. The first-order valence-electron chi connectivity index (χ1n) is 8.37. The first kappa shape index (κ1) is 17.2. The normalized spacial score (nSPS) is 21.0. The van der Waals surface area contributed by atoms with Crippen LogP contribution < -0.4 is 5.32 Å². The molecule has 1 aliphatic rings. The fourth-order valence-corrected chi connectivity index (χ4v) is 3.82. The van der Waals surface area contributed by atoms with E-state index in [2.05, 4.69) is 45.5 Å². The minimum atomic E-state index is -0.0608. The van der Waals surface area contributed by atoms with Gasteiger partial charge in [0, 0.05) is 29.6 Å². The third-order valence-electron chi connectivity index (χ3n) is 4.76. The van der Waals surface area contributed by atoms with Crippen LogP contribution in [0.3, 0.4) is 0 Å². The van der Waals surface area contributed by atoms with Crippen molar-refractivity contribution in [1.82, 2.24) is 5.32 Å². The zero-order chi connectivity index (χ0) is 16.8. The Labute approximate surface area is 151 Å². The molecule has 2 aromatic carbocycles. The van der Waals surface area contributed by atoms with Gasteiger partial charge in [0.2, 0.25) is 0 Å². The Kier molecular flexibility index (Phi) is 5.69. The quantitative estimate of drug-likeness (QED) is 0.848. The van der Waals surface area contributed by atoms with Gasteiger partial charge in [-0.25, -0.2) is 0 Å². The van der Waals surface area contributed by atoms with E-state index in [1.165, 1.54) is 5.56 Å². The molecule has 24 heavy (non-hydrogen) atoms. The smallest absolute Gasteiger partial charge is 0.252 e. The second-order valence-corrected chi connectivity index (χ2v) is 7.13. The van der Waals surface area contributed by atoms with Gasteiger partial charge in [0.25, 0.3) is 5.91 Å². The standard InChI is InChI=1S/C20H22BrNO2/c21-18-10-5-4-9-17(18)19(23)22-15-20(11-6-13-24-14-12-20)16-7-2-1-3-8-16/h1-5,7-10H,6,11-15H2,(H,22,23)/t20-/m1/s1. The topological polar surface area (TPSA) is 38.3 Å². The number of amides is 1. The highest BCUT2D eigenvalue weighted by molar-refractivity contribution is 9.10. The molecule has 1 N–H and O–H groups in total. The Hall–Kier alpha value is -1.65. The van der Waals surface area contributed by atoms with Crippen molar-refractivity contribution in [3.63, 3.8) is 0 Å². The second kappa shape index (κ2) is 7.95. The fourth-order valence-electron chi connectivity index (χ4n) is 3.36. The number of hydrogen-bond donors (Lipinski definition) is 1. The van der Waals surface area contributed by atoms with Crippen LogP contribution in [0.2, 0.25) is 0 Å². The molecule has 2 aromatic rings. The Morgan fingerprint density at radius 3 is 2.58 bits per heavy atom. The molecule has 0 aliphatic carbocycles. The van der Waals surface area contributed by atoms with Crippen LogP contribution in [-0.4, -0.2) is 25.7 Å². The lowest BCUT2D eigenvalue weighted by atomic mass is 9.74. The maximum absolute atomic E-state index is 12.6. The molecule has 0 bridgehead atoms. The van der Waals surface area contributed by atoms with Gasteiger partial charge in [-0.3, -0.25) is 4.79 Å². The van der Waals surface area contributed by atoms with Crippen LogP contribution in [0.25, 0.3) is 0 Å². The summed E-state index contributed by atoms with van der Waals surface area (Å²) < 4.78 is 6.48. The lowest BCUT2D eigenvalue weighted by Gasteiger charge is -2.33. The summed E-state index contributed by atoms with van der Waals surface area (Å²) in [4.78, 5) is 12.6. The van der Waals surface area contributed by atoms with Crippen molar-refractivity contribution in [2.75, 3.05) is 19.8 Å². The number of halogens is 1. The summed E-state index contributed by atoms with van der Waals surface area (Å²) in [5, 5.41) is 3.15. The number of ether oxygens (including phenoxy) is 1. The van der Waals surface area contributed by atoms with Crippen molar-refractivity contribution in [2.45, 2.75) is 24.7 Å². The number of benzene rings is 2. The van der Waals surface area contributed by atoms with E-state index in [0.717, 1.165) is 36.9 Å². The molecule has 1 heterocycles. The average Bonchev–Trinajstić information content (AvgIpc) is 2.87. The number of hydrogen-bond acceptors (Lipinski definition) is 2. The minimum absolute atomic E-state index is 0.0389. The summed E-state index contributed by atoms with van der Waals surface area (Å²) in [5.74, 6) is -0.0389. The first-order chi connectivity index (χ1) is 11.7. The molecule has 1 saturated heterocycles. The van der Waals surface area contributed by atoms with Crippen molar-refractivity contribution in [1.29, 1.82) is 0 Å². The molecule has 0 radical (unpaired) electrons. The molecular weight excluding hydrogens is 366 g/mol. The number of rotatable bonds is 4. The third kappa shape index (κ3) is 3.87. The molecule has 3 nitrogen and oxygen atoms in total. The van der Waals surface area contributed by atoms with E-state index < -0.39 is 0 Å². The van der Waals surface area contributed by atoms with Crippen LogP contribution in [-0.2, 0) is 10.2 Å². The molecule has 0 unspecified atom stereocenters. The number of carbonyl (C=O) groups is 1. The van der Waals surface area contributed by atoms with Crippen molar-refractivity contribution in [3.8, 4) is 0 Å². The van der Waals surface area contributed by atoms with E-state index in [0.29, 0.717) is 12.1 Å². The van der Waals surface area contributed by atoms with Gasteiger partial charge in [-0.1, -0.05) is 42.5 Å². The molecule has 1 amide bonds. The summed E-state index contributed by atoms with van der Waals surface area (Å²) in [6.45, 7) is 2.16. The van der Waals surface area contributed by atoms with Crippen LogP contribution in [0, 0.1) is 0 Å². The lowest BCUT2D eigenvalue weighted by molar-refractivity contribution is 0.0936. The highest BCUT2D eigenvalue weighted by atomic mass is 79.9. The van der Waals surface area contributed by atoms with Crippen LogP contribution in [0.5, 0.6) is 0 Å². The van der Waals surface area contributed by atoms with Crippen molar-refractivity contribution in [3.05, 3.63) is 70.2 Å². The van der Waals surface area contributed by atoms with Gasteiger partial charge in [0.1, 0.15) is 0 Å². The van der Waals surface area contributed by atoms with E-state index in [-0.39, 0.29) is 11.3 Å². The predicted molar refractivity (Wildman–Crippen MR) is 99.3 cm³/mol. The Morgan fingerprint density at radius 1 is 1.04 bits per heavy atom. The van der Waals surface area contributed by atoms with Crippen molar-refractivity contribution in [2.24, 2.45) is 0 Å². The van der Waals surface area contributed by atoms with Crippen LogP contribution in [0.1, 0.15) is 35.2 Å². The predicted octanol–water partition coefficient (Wildman–Crippen LogP) is 4.32. The van der Waals surface area contributed by atoms with Gasteiger partial charge < -0.3 is 10.1 Å². The van der Waals surface area contributed by atoms with E-state index in [4.69, 9.17) is 4.74 Å². The lowest BCUT2D eigenvalue weighted by Crippen LogP contribution is -2.41. The fraction of sp³-hybridized carbons (Fsp3) is 0.350. The zero-order valence-corrected chi connectivity index (χ0v) is 15.2. The van der Waals surface area contributed by atoms with Gasteiger partial charge in [0.15, 0.2) is 0 Å². The van der Waals surface area contributed by atoms with Gasteiger partial charge in [-0.05, 0) is 52.9 Å². The van der Waals surface area contributed by atoms with E-state index in [1.54, 1.807) is 0 Å². The Morgan fingerprint density at radius 2 is 1.79 bits per heavy atom. The molecule has 4 heteroatoms. The van der Waals surface area contributed by atoms with Gasteiger partial charge in [-0.15, -0.1) is 0 Å². The molecule has 1 fully saturated rings. The summed E-state index contributed by atoms with van der Waals surface area (Å²) in [7, 11) is 0. The van der Waals surface area contributed by atoms with Crippen LogP contribution >= 0.6 is 15.9 Å². The molecule has 0 spiro atoms. The largest absolute Gasteiger partial charge is 0.381 e. The molecule has 1 aliphatic heterocycles. The van der Waals surface area contributed by atoms with Gasteiger partial charge >= 0.3 is 0 Å². The number of nitrogens with one attached hydrogen (secondary N) is 1. The summed E-state index contributed by atoms with van der Waals surface area (Å²) >= 11 is 3.45. The molecule has 1 atom stereocenters. The molecule has 0 aromatic heterocycles. The first-order valence-corrected chi connectivity index (χ1v) is 9.17. The Balaban J connectivity index is 1.80. The second-order valence-electron chi connectivity index (χ2n) is 6.27. The summed E-state index contributed by atoms with van der Waals surface area (Å²) in [6.07, 6.45) is 2.96. The minimum Gasteiger partial charge on any atom is -0.381 e. The van der Waals surface area contributed by atoms with Gasteiger partial charge in [0.05, 0.1) is 5.56 Å². The highest BCUT2D eigenvalue weighted by Gasteiger charge is 2.33. The molecular formula is C20H22BrNO2. The number of carbonyl (C=O) groups excluding carboxylic acids is 1. The third-order valence-corrected chi connectivity index (χ3v) is 5.45. The van der Waals surface area contributed by atoms with Crippen molar-refractivity contribution >= 4 is 21.8 Å². The van der Waals surface area contributed by atoms with E-state index in [1.807, 2.05) is 30.3 Å². The van der Waals surface area contributed by atoms with Crippen LogP contribution in [0.4, 0.5) is 0 Å². The maximum atomic E-state index is 12.6. The monoisotopic (exact) mass is 387 g/mol. The maximum Gasteiger partial charge on any atom is 0.252 e. The highest BCUT2D eigenvalue weighted by Crippen LogP contribution is 2.34. The van der Waals surface area contributed by atoms with E-state index in [9.17, 15) is 4.79 Å². The van der Waals surface area contributed by atoms with Crippen LogP contribution in [0.15, 0.2) is 59.1 Å².